The molecule has 1 aromatic rings. The Morgan fingerprint density at radius 1 is 1.47 bits per heavy atom. The van der Waals surface area contributed by atoms with E-state index in [1.165, 1.54) is 0 Å². The lowest BCUT2D eigenvalue weighted by molar-refractivity contribution is -0.697. The van der Waals surface area contributed by atoms with Crippen molar-refractivity contribution in [2.45, 2.75) is 32.2 Å². The molecule has 6 heteroatoms. The van der Waals surface area contributed by atoms with Crippen molar-refractivity contribution in [2.75, 3.05) is 13.2 Å². The second-order valence-corrected chi connectivity index (χ2v) is 4.21. The van der Waals surface area contributed by atoms with Crippen LogP contribution in [0.3, 0.4) is 0 Å². The first kappa shape index (κ1) is 12.1. The summed E-state index contributed by atoms with van der Waals surface area (Å²) in [5, 5.41) is 8.89. The molecule has 0 saturated carbocycles. The van der Waals surface area contributed by atoms with Gasteiger partial charge in [0.2, 0.25) is 6.33 Å². The fraction of sp³-hybridized carbons (Fsp3) is 0.636. The highest BCUT2D eigenvalue weighted by molar-refractivity contribution is 5.60. The zero-order valence-electron chi connectivity index (χ0n) is 9.74. The van der Waals surface area contributed by atoms with Gasteiger partial charge in [0.15, 0.2) is 0 Å². The van der Waals surface area contributed by atoms with Crippen molar-refractivity contribution in [2.24, 2.45) is 0 Å². The Morgan fingerprint density at radius 3 is 2.59 bits per heavy atom. The number of aromatic nitrogens is 2. The van der Waals surface area contributed by atoms with E-state index in [0.717, 1.165) is 33.2 Å². The number of carbonyl (C=O) groups excluding carboxylic acids is 1. The van der Waals surface area contributed by atoms with Gasteiger partial charge in [-0.1, -0.05) is 0 Å². The van der Waals surface area contributed by atoms with Crippen molar-refractivity contribution in [1.29, 1.82) is 0 Å². The molecule has 2 aliphatic heterocycles. The molecule has 0 spiro atoms. The van der Waals surface area contributed by atoms with Crippen LogP contribution in [0.5, 0.6) is 0 Å². The minimum atomic E-state index is -1.08. The molecular formula is C11H16N2O4. The molecule has 2 saturated heterocycles. The first-order valence-corrected chi connectivity index (χ1v) is 5.59. The predicted molar refractivity (Wildman–Crippen MR) is 54.8 cm³/mol. The summed E-state index contributed by atoms with van der Waals surface area (Å²) in [6.45, 7) is 4.78. The molecule has 94 valence electrons. The van der Waals surface area contributed by atoms with E-state index in [4.69, 9.17) is 19.4 Å². The van der Waals surface area contributed by atoms with Crippen LogP contribution in [0.25, 0.3) is 0 Å². The number of ether oxygens (including phenoxy) is 2. The smallest absolute Gasteiger partial charge is 0.243 e. The van der Waals surface area contributed by atoms with Crippen molar-refractivity contribution in [3.8, 4) is 0 Å². The molecule has 0 radical (unpaired) electrons. The predicted octanol–water partition coefficient (Wildman–Crippen LogP) is -1.67. The van der Waals surface area contributed by atoms with Crippen LogP contribution >= 0.6 is 0 Å². The first-order valence-electron chi connectivity index (χ1n) is 5.59. The standard InChI is InChI=1S/C9H13N2O2.C2H4O2/c1-2-11(4-9-6-13-9)7-10(1)3-8-5-12-8;1-2(3)4/h1-2,7-9H,3-6H2;1H3,(H,3,4)/q+1;/p-1. The highest BCUT2D eigenvalue weighted by Gasteiger charge is 2.27. The lowest BCUT2D eigenvalue weighted by Crippen LogP contribution is -2.34. The SMILES string of the molecule is CC(=O)[O-].c1c[n+](CC2CO2)cn1CC1CO1. The number of carbonyl (C=O) groups is 1. The van der Waals surface area contributed by atoms with E-state index >= 15 is 0 Å². The molecule has 2 atom stereocenters. The summed E-state index contributed by atoms with van der Waals surface area (Å²) >= 11 is 0. The van der Waals surface area contributed by atoms with Gasteiger partial charge in [0.25, 0.3) is 0 Å². The maximum Gasteiger partial charge on any atom is 0.243 e. The maximum atomic E-state index is 8.89. The van der Waals surface area contributed by atoms with Gasteiger partial charge in [-0.05, 0) is 6.92 Å². The summed E-state index contributed by atoms with van der Waals surface area (Å²) in [6.07, 6.45) is 7.20. The van der Waals surface area contributed by atoms with E-state index in [2.05, 4.69) is 27.9 Å². The molecule has 3 heterocycles. The molecule has 0 aromatic carbocycles. The highest BCUT2D eigenvalue weighted by atomic mass is 16.6. The average Bonchev–Trinajstić information content (AvgIpc) is 3.09. The van der Waals surface area contributed by atoms with Gasteiger partial charge in [-0.15, -0.1) is 0 Å². The Bertz CT molecular complexity index is 350. The zero-order chi connectivity index (χ0) is 12.3. The van der Waals surface area contributed by atoms with Gasteiger partial charge in [-0.25, -0.2) is 9.13 Å². The van der Waals surface area contributed by atoms with Crippen molar-refractivity contribution >= 4 is 5.97 Å². The number of epoxide rings is 2. The normalized spacial score (nSPS) is 24.8. The van der Waals surface area contributed by atoms with Crippen LogP contribution in [0.2, 0.25) is 0 Å². The number of aliphatic carboxylic acids is 1. The van der Waals surface area contributed by atoms with Crippen LogP contribution in [0.4, 0.5) is 0 Å². The molecule has 0 N–H and O–H groups in total. The maximum absolute atomic E-state index is 8.89. The summed E-state index contributed by atoms with van der Waals surface area (Å²) in [7, 11) is 0. The third kappa shape index (κ3) is 4.97. The zero-order valence-corrected chi connectivity index (χ0v) is 9.74. The van der Waals surface area contributed by atoms with Crippen molar-refractivity contribution in [3.63, 3.8) is 0 Å². The lowest BCUT2D eigenvalue weighted by atomic mass is 10.5. The molecule has 2 fully saturated rings. The van der Waals surface area contributed by atoms with Gasteiger partial charge in [0.1, 0.15) is 37.7 Å². The molecule has 6 nitrogen and oxygen atoms in total. The van der Waals surface area contributed by atoms with E-state index in [0.29, 0.717) is 12.2 Å². The van der Waals surface area contributed by atoms with Gasteiger partial charge in [0, 0.05) is 5.97 Å². The highest BCUT2D eigenvalue weighted by Crippen LogP contribution is 2.11. The first-order chi connectivity index (χ1) is 8.13. The minimum absolute atomic E-state index is 0.457. The second kappa shape index (κ2) is 5.29. The molecule has 2 aliphatic rings. The summed E-state index contributed by atoms with van der Waals surface area (Å²) in [4.78, 5) is 8.89. The molecule has 17 heavy (non-hydrogen) atoms. The van der Waals surface area contributed by atoms with Crippen molar-refractivity contribution in [3.05, 3.63) is 18.7 Å². The fourth-order valence-corrected chi connectivity index (χ4v) is 1.47. The Morgan fingerprint density at radius 2 is 2.06 bits per heavy atom. The number of carboxylic acids is 1. The van der Waals surface area contributed by atoms with E-state index in [1.54, 1.807) is 0 Å². The van der Waals surface area contributed by atoms with Gasteiger partial charge >= 0.3 is 0 Å². The number of hydrogen-bond donors (Lipinski definition) is 0. The van der Waals surface area contributed by atoms with E-state index in [9.17, 15) is 0 Å². The molecule has 1 aromatic heterocycles. The Kier molecular flexibility index (Phi) is 3.75. The summed E-state index contributed by atoms with van der Waals surface area (Å²) in [5.41, 5.74) is 0. The van der Waals surface area contributed by atoms with Gasteiger partial charge in [-0.2, -0.15) is 0 Å². The number of imidazole rings is 1. The average molecular weight is 240 g/mol. The quantitative estimate of drug-likeness (QED) is 0.466. The van der Waals surface area contributed by atoms with Gasteiger partial charge in [0.05, 0.1) is 13.2 Å². The van der Waals surface area contributed by atoms with Crippen LogP contribution < -0.4 is 9.67 Å². The third-order valence-electron chi connectivity index (χ3n) is 2.38. The summed E-state index contributed by atoms with van der Waals surface area (Å²) in [6, 6.07) is 0. The fourth-order valence-electron chi connectivity index (χ4n) is 1.47. The van der Waals surface area contributed by atoms with Crippen molar-refractivity contribution in [1.82, 2.24) is 4.57 Å². The Hall–Kier alpha value is -1.40. The summed E-state index contributed by atoms with van der Waals surface area (Å²) < 4.78 is 14.7. The number of nitrogens with zero attached hydrogens (tertiary/aromatic N) is 2. The van der Waals surface area contributed by atoms with Crippen LogP contribution in [-0.4, -0.2) is 36.0 Å². The lowest BCUT2D eigenvalue weighted by Gasteiger charge is -1.90. The summed E-state index contributed by atoms with van der Waals surface area (Å²) in [5.74, 6) is -1.08. The van der Waals surface area contributed by atoms with Crippen LogP contribution in [0.15, 0.2) is 18.7 Å². The molecular weight excluding hydrogens is 224 g/mol. The minimum Gasteiger partial charge on any atom is -0.550 e. The van der Waals surface area contributed by atoms with Crippen molar-refractivity contribution < 1.29 is 23.9 Å². The van der Waals surface area contributed by atoms with Gasteiger partial charge in [-0.3, -0.25) is 0 Å². The molecule has 0 aliphatic carbocycles. The van der Waals surface area contributed by atoms with E-state index in [-0.39, 0.29) is 0 Å². The number of carboxylic acid groups (broad SMARTS) is 1. The molecule has 0 bridgehead atoms. The molecule has 3 rings (SSSR count). The van der Waals surface area contributed by atoms with E-state index < -0.39 is 5.97 Å². The largest absolute Gasteiger partial charge is 0.550 e. The van der Waals surface area contributed by atoms with Crippen LogP contribution in [0.1, 0.15) is 6.92 Å². The van der Waals surface area contributed by atoms with E-state index in [1.807, 2.05) is 0 Å². The molecule has 0 amide bonds. The number of hydrogen-bond acceptors (Lipinski definition) is 4. The Balaban J connectivity index is 0.000000239. The Labute approximate surface area is 99.4 Å². The van der Waals surface area contributed by atoms with Gasteiger partial charge < -0.3 is 19.4 Å². The number of rotatable bonds is 4. The van der Waals surface area contributed by atoms with Crippen LogP contribution in [-0.2, 0) is 27.4 Å². The molecule has 2 unspecified atom stereocenters. The topological polar surface area (TPSA) is 74.0 Å². The van der Waals surface area contributed by atoms with Crippen LogP contribution in [0, 0.1) is 0 Å². The third-order valence-corrected chi connectivity index (χ3v) is 2.38. The second-order valence-electron chi connectivity index (χ2n) is 4.21. The monoisotopic (exact) mass is 240 g/mol.